The molecule has 1 amide bonds. The minimum Gasteiger partial charge on any atom is -0.363 e. The van der Waals surface area contributed by atoms with Gasteiger partial charge in [-0.3, -0.25) is 4.79 Å². The molecule has 4 rings (SSSR count). The van der Waals surface area contributed by atoms with Gasteiger partial charge in [0.2, 0.25) is 0 Å². The smallest absolute Gasteiger partial charge is 0.363 e. The van der Waals surface area contributed by atoms with Gasteiger partial charge in [0.1, 0.15) is 5.82 Å². The zero-order chi connectivity index (χ0) is 21.5. The van der Waals surface area contributed by atoms with Crippen LogP contribution in [0.5, 0.6) is 0 Å². The number of alkyl halides is 3. The molecule has 0 saturated carbocycles. The van der Waals surface area contributed by atoms with E-state index in [9.17, 15) is 18.0 Å². The Labute approximate surface area is 186 Å². The molecule has 2 N–H and O–H groups in total. The summed E-state index contributed by atoms with van der Waals surface area (Å²) in [4.78, 5) is 12.5. The van der Waals surface area contributed by atoms with Crippen LogP contribution in [0, 0.1) is 0 Å². The fraction of sp³-hybridized carbons (Fsp3) is 0.200. The van der Waals surface area contributed by atoms with E-state index in [2.05, 4.69) is 47.6 Å². The van der Waals surface area contributed by atoms with E-state index in [-0.39, 0.29) is 17.9 Å². The van der Waals surface area contributed by atoms with Gasteiger partial charge in [0.05, 0.1) is 6.04 Å². The second kappa shape index (κ2) is 8.07. The van der Waals surface area contributed by atoms with Crippen LogP contribution in [0.4, 0.5) is 24.7 Å². The summed E-state index contributed by atoms with van der Waals surface area (Å²) in [7, 11) is 0. The Morgan fingerprint density at radius 1 is 1.07 bits per heavy atom. The lowest BCUT2D eigenvalue weighted by Crippen LogP contribution is -2.35. The van der Waals surface area contributed by atoms with Gasteiger partial charge in [-0.15, -0.1) is 0 Å². The predicted molar refractivity (Wildman–Crippen MR) is 115 cm³/mol. The van der Waals surface area contributed by atoms with Gasteiger partial charge in [0.25, 0.3) is 5.91 Å². The van der Waals surface area contributed by atoms with Crippen molar-refractivity contribution in [3.05, 3.63) is 74.8 Å². The molecule has 1 aliphatic rings. The maximum atomic E-state index is 13.8. The van der Waals surface area contributed by atoms with E-state index in [1.54, 1.807) is 48.5 Å². The second-order valence-electron chi connectivity index (χ2n) is 6.86. The number of hydrogen-bond donors (Lipinski definition) is 2. The predicted octanol–water partition coefficient (Wildman–Crippen LogP) is 6.32. The quantitative estimate of drug-likeness (QED) is 0.406. The van der Waals surface area contributed by atoms with Crippen molar-refractivity contribution in [1.82, 2.24) is 9.78 Å². The number of carbonyl (C=O) groups excluding carboxylic acids is 1. The van der Waals surface area contributed by atoms with Gasteiger partial charge in [0, 0.05) is 27.1 Å². The lowest BCUT2D eigenvalue weighted by Gasteiger charge is -2.33. The highest BCUT2D eigenvalue weighted by Crippen LogP contribution is 2.43. The average Bonchev–Trinajstić information content (AvgIpc) is 3.13. The summed E-state index contributed by atoms with van der Waals surface area (Å²) in [5.41, 5.74) is 1.15. The first-order valence-electron chi connectivity index (χ1n) is 8.96. The van der Waals surface area contributed by atoms with E-state index < -0.39 is 24.2 Å². The molecule has 0 saturated heterocycles. The number of rotatable bonds is 3. The highest BCUT2D eigenvalue weighted by atomic mass is 79.9. The van der Waals surface area contributed by atoms with Crippen LogP contribution in [0.2, 0.25) is 0 Å². The minimum absolute atomic E-state index is 0.0916. The van der Waals surface area contributed by atoms with Crippen LogP contribution in [0.1, 0.15) is 34.6 Å². The Hall–Kier alpha value is -2.33. The van der Waals surface area contributed by atoms with E-state index in [0.29, 0.717) is 5.69 Å². The third-order valence-corrected chi connectivity index (χ3v) is 5.85. The molecule has 2 aromatic carbocycles. The highest BCUT2D eigenvalue weighted by molar-refractivity contribution is 9.10. The van der Waals surface area contributed by atoms with Gasteiger partial charge >= 0.3 is 6.18 Å². The van der Waals surface area contributed by atoms with E-state index >= 15 is 0 Å². The number of amides is 1. The van der Waals surface area contributed by atoms with Crippen LogP contribution in [-0.4, -0.2) is 21.9 Å². The van der Waals surface area contributed by atoms with Crippen molar-refractivity contribution in [3.63, 3.8) is 0 Å². The molecule has 0 aliphatic carbocycles. The number of hydrogen-bond acceptors (Lipinski definition) is 3. The number of nitrogens with one attached hydrogen (secondary N) is 2. The molecule has 5 nitrogen and oxygen atoms in total. The first-order chi connectivity index (χ1) is 14.2. The van der Waals surface area contributed by atoms with Gasteiger partial charge in [-0.05, 0) is 42.0 Å². The molecule has 3 aromatic rings. The number of anilines is 2. The Balaban J connectivity index is 1.63. The number of carbonyl (C=O) groups is 1. The van der Waals surface area contributed by atoms with Gasteiger partial charge < -0.3 is 10.6 Å². The summed E-state index contributed by atoms with van der Waals surface area (Å²) in [5, 5.41) is 9.69. The zero-order valence-electron chi connectivity index (χ0n) is 15.3. The molecule has 2 atom stereocenters. The summed E-state index contributed by atoms with van der Waals surface area (Å²) >= 11 is 6.63. The van der Waals surface area contributed by atoms with Crippen molar-refractivity contribution in [3.8, 4) is 0 Å². The first-order valence-corrected chi connectivity index (χ1v) is 10.5. The second-order valence-corrected chi connectivity index (χ2v) is 8.69. The molecule has 10 heteroatoms. The fourth-order valence-corrected chi connectivity index (χ4v) is 3.86. The maximum Gasteiger partial charge on any atom is 0.410 e. The van der Waals surface area contributed by atoms with E-state index in [1.807, 2.05) is 0 Å². The highest BCUT2D eigenvalue weighted by Gasteiger charge is 2.46. The maximum absolute atomic E-state index is 13.8. The summed E-state index contributed by atoms with van der Waals surface area (Å²) in [6, 6.07) is 12.9. The lowest BCUT2D eigenvalue weighted by atomic mass is 9.97. The van der Waals surface area contributed by atoms with Gasteiger partial charge in [0.15, 0.2) is 11.7 Å². The van der Waals surface area contributed by atoms with Crippen LogP contribution < -0.4 is 10.6 Å². The minimum atomic E-state index is -4.50. The van der Waals surface area contributed by atoms with Crippen molar-refractivity contribution in [1.29, 1.82) is 0 Å². The Kier molecular flexibility index (Phi) is 5.63. The van der Waals surface area contributed by atoms with Crippen molar-refractivity contribution >= 4 is 49.3 Å². The van der Waals surface area contributed by atoms with Crippen LogP contribution >= 0.6 is 31.9 Å². The lowest BCUT2D eigenvalue weighted by molar-refractivity contribution is -0.173. The normalized spacial score (nSPS) is 18.4. The largest absolute Gasteiger partial charge is 0.410 e. The molecule has 1 aromatic heterocycles. The summed E-state index contributed by atoms with van der Waals surface area (Å²) < 4.78 is 43.8. The van der Waals surface area contributed by atoms with Crippen molar-refractivity contribution in [2.24, 2.45) is 0 Å². The molecule has 0 fully saturated rings. The molecule has 0 spiro atoms. The van der Waals surface area contributed by atoms with E-state index in [4.69, 9.17) is 0 Å². The monoisotopic (exact) mass is 542 g/mol. The molecule has 0 bridgehead atoms. The van der Waals surface area contributed by atoms with Crippen LogP contribution in [0.3, 0.4) is 0 Å². The third kappa shape index (κ3) is 4.39. The number of fused-ring (bicyclic) bond motifs is 1. The topological polar surface area (TPSA) is 59.0 Å². The molecular formula is C20H15Br2F3N4O. The standard InChI is InChI=1S/C20H15Br2F3N4O/c21-12-3-1-11(2-4-12)15-9-17(20(23,24)25)29-18(27-15)10-16(28-29)19(30)26-14-7-5-13(22)6-8-14/h1-8,10,15,17,27H,9H2,(H,26,30)/t15-,17+/m0/s1. The fourth-order valence-electron chi connectivity index (χ4n) is 3.33. The molecule has 2 heterocycles. The summed E-state index contributed by atoms with van der Waals surface area (Å²) in [6.45, 7) is 0. The Morgan fingerprint density at radius 3 is 2.27 bits per heavy atom. The molecule has 1 aliphatic heterocycles. The van der Waals surface area contributed by atoms with Gasteiger partial charge in [-0.25, -0.2) is 4.68 Å². The number of halogens is 5. The molecule has 0 radical (unpaired) electrons. The van der Waals surface area contributed by atoms with Gasteiger partial charge in [-0.1, -0.05) is 44.0 Å². The van der Waals surface area contributed by atoms with Crippen molar-refractivity contribution in [2.75, 3.05) is 10.6 Å². The molecule has 156 valence electrons. The number of benzene rings is 2. The molecule has 0 unspecified atom stereocenters. The number of nitrogens with zero attached hydrogens (tertiary/aromatic N) is 2. The Morgan fingerprint density at radius 2 is 1.67 bits per heavy atom. The van der Waals surface area contributed by atoms with Crippen molar-refractivity contribution < 1.29 is 18.0 Å². The average molecular weight is 544 g/mol. The first kappa shape index (κ1) is 20.9. The van der Waals surface area contributed by atoms with Gasteiger partial charge in [-0.2, -0.15) is 18.3 Å². The Bertz CT molecular complexity index is 1070. The van der Waals surface area contributed by atoms with Crippen LogP contribution in [-0.2, 0) is 0 Å². The van der Waals surface area contributed by atoms with Crippen molar-refractivity contribution in [2.45, 2.75) is 24.7 Å². The van der Waals surface area contributed by atoms with Crippen LogP contribution in [0.15, 0.2) is 63.5 Å². The van der Waals surface area contributed by atoms with E-state index in [0.717, 1.165) is 19.2 Å². The number of aromatic nitrogens is 2. The van der Waals surface area contributed by atoms with Crippen LogP contribution in [0.25, 0.3) is 0 Å². The molecular weight excluding hydrogens is 529 g/mol. The van der Waals surface area contributed by atoms with E-state index in [1.165, 1.54) is 6.07 Å². The molecule has 30 heavy (non-hydrogen) atoms. The zero-order valence-corrected chi connectivity index (χ0v) is 18.4. The summed E-state index contributed by atoms with van der Waals surface area (Å²) in [6.07, 6.45) is -4.73. The SMILES string of the molecule is O=C(Nc1ccc(Br)cc1)c1cc2n(n1)[C@@H](C(F)(F)F)C[C@@H](c1ccc(Br)cc1)N2. The summed E-state index contributed by atoms with van der Waals surface area (Å²) in [5.74, 6) is -0.431. The third-order valence-electron chi connectivity index (χ3n) is 4.80.